The van der Waals surface area contributed by atoms with Crippen molar-refractivity contribution in [1.82, 2.24) is 9.78 Å². The summed E-state index contributed by atoms with van der Waals surface area (Å²) in [4.78, 5) is 12.8. The van der Waals surface area contributed by atoms with E-state index >= 15 is 0 Å². The van der Waals surface area contributed by atoms with Crippen molar-refractivity contribution in [3.05, 3.63) is 23.0 Å². The second kappa shape index (κ2) is 6.29. The fraction of sp³-hybridized carbons (Fsp3) is 0.760. The van der Waals surface area contributed by atoms with E-state index in [4.69, 9.17) is 0 Å². The van der Waals surface area contributed by atoms with Crippen molar-refractivity contribution < 1.29 is 15.0 Å². The van der Waals surface area contributed by atoms with Gasteiger partial charge < -0.3 is 10.2 Å². The number of Topliss-reactive ketones (excluding diaryl/α,β-unsaturated/α-hetero) is 1. The Kier molecular flexibility index (Phi) is 4.29. The summed E-state index contributed by atoms with van der Waals surface area (Å²) in [7, 11) is 1.97. The topological polar surface area (TPSA) is 75.3 Å². The zero-order valence-electron chi connectivity index (χ0n) is 19.0. The smallest absolute Gasteiger partial charge is 0.164 e. The Morgan fingerprint density at radius 3 is 2.80 bits per heavy atom. The van der Waals surface area contributed by atoms with Crippen LogP contribution in [0.25, 0.3) is 6.08 Å². The van der Waals surface area contributed by atoms with Gasteiger partial charge in [0.15, 0.2) is 5.78 Å². The number of rotatable bonds is 2. The molecule has 4 aliphatic carbocycles. The number of aromatic nitrogens is 2. The Labute approximate surface area is 179 Å². The number of allylic oxidation sites excluding steroid dienone is 1. The van der Waals surface area contributed by atoms with E-state index in [1.165, 1.54) is 11.1 Å². The number of aliphatic hydroxyl groups excluding tert-OH is 1. The van der Waals surface area contributed by atoms with Gasteiger partial charge in [-0.05, 0) is 72.8 Å². The van der Waals surface area contributed by atoms with Gasteiger partial charge in [-0.3, -0.25) is 9.48 Å². The molecular weight excluding hydrogens is 376 g/mol. The quantitative estimate of drug-likeness (QED) is 0.779. The third-order valence-corrected chi connectivity index (χ3v) is 9.73. The number of aryl methyl sites for hydroxylation is 1. The number of carbonyl (C=O) groups is 1. The Hall–Kier alpha value is -1.46. The zero-order valence-corrected chi connectivity index (χ0v) is 19.0. The van der Waals surface area contributed by atoms with Gasteiger partial charge in [0.2, 0.25) is 0 Å². The number of fused-ring (bicyclic) bond motifs is 6. The maximum absolute atomic E-state index is 12.8. The van der Waals surface area contributed by atoms with Gasteiger partial charge in [-0.1, -0.05) is 33.3 Å². The van der Waals surface area contributed by atoms with Crippen LogP contribution in [0.4, 0.5) is 0 Å². The molecule has 3 fully saturated rings. The van der Waals surface area contributed by atoms with Crippen LogP contribution in [0.2, 0.25) is 0 Å². The molecule has 2 N–H and O–H groups in total. The summed E-state index contributed by atoms with van der Waals surface area (Å²) in [5.41, 5.74) is 1.84. The predicted octanol–water partition coefficient (Wildman–Crippen LogP) is 3.53. The highest BCUT2D eigenvalue weighted by Crippen LogP contribution is 2.68. The second-order valence-electron chi connectivity index (χ2n) is 11.2. The molecule has 5 rings (SSSR count). The van der Waals surface area contributed by atoms with Crippen molar-refractivity contribution in [2.45, 2.75) is 77.9 Å². The maximum Gasteiger partial charge on any atom is 0.164 e. The van der Waals surface area contributed by atoms with E-state index in [1.807, 2.05) is 18.7 Å². The molecule has 0 amide bonds. The molecule has 164 valence electrons. The number of carbonyl (C=O) groups excluding carboxylic acids is 1. The van der Waals surface area contributed by atoms with Crippen molar-refractivity contribution in [3.8, 4) is 0 Å². The molecule has 0 spiro atoms. The largest absolute Gasteiger partial charge is 0.393 e. The normalized spacial score (nSPS) is 47.0. The second-order valence-corrected chi connectivity index (χ2v) is 11.2. The highest BCUT2D eigenvalue weighted by atomic mass is 16.3. The number of ketones is 1. The fourth-order valence-corrected chi connectivity index (χ4v) is 8.51. The molecular formula is C25H36N2O3. The molecule has 5 heteroatoms. The average molecular weight is 413 g/mol. The molecule has 1 heterocycles. The minimum atomic E-state index is -1.29. The molecule has 1 aromatic heterocycles. The molecule has 0 aromatic carbocycles. The first kappa shape index (κ1) is 20.4. The number of aliphatic hydroxyl groups is 2. The van der Waals surface area contributed by atoms with Crippen molar-refractivity contribution >= 4 is 11.9 Å². The fourth-order valence-electron chi connectivity index (χ4n) is 8.51. The van der Waals surface area contributed by atoms with Crippen LogP contribution in [-0.2, 0) is 18.3 Å². The van der Waals surface area contributed by atoms with E-state index in [2.05, 4.69) is 38.1 Å². The summed E-state index contributed by atoms with van der Waals surface area (Å²) < 4.78 is 1.90. The van der Waals surface area contributed by atoms with Gasteiger partial charge in [0.1, 0.15) is 5.60 Å². The van der Waals surface area contributed by atoms with E-state index in [-0.39, 0.29) is 23.0 Å². The van der Waals surface area contributed by atoms with Crippen molar-refractivity contribution in [3.63, 3.8) is 0 Å². The van der Waals surface area contributed by atoms with E-state index in [9.17, 15) is 15.0 Å². The number of hydrogen-bond donors (Lipinski definition) is 2. The summed E-state index contributed by atoms with van der Waals surface area (Å²) in [5, 5.41) is 27.8. The lowest BCUT2D eigenvalue weighted by Gasteiger charge is -2.61. The first-order valence-corrected chi connectivity index (χ1v) is 11.7. The van der Waals surface area contributed by atoms with Crippen LogP contribution in [-0.4, -0.2) is 37.5 Å². The maximum atomic E-state index is 12.8. The van der Waals surface area contributed by atoms with Crippen LogP contribution in [0.5, 0.6) is 0 Å². The Morgan fingerprint density at radius 2 is 2.10 bits per heavy atom. The molecule has 3 saturated carbocycles. The standard InChI is InChI=1S/C25H36N2O3/c1-6-21(29)25(30)8-7-17-16-9-14(2)18-10-19-15(13-27(5)26-19)11-23(18,3)22(16)20(28)12-24(17,25)4/h10,13-14,16-17,20,22,28,30H,6-9,11-12H2,1-5H3/t14-,16-,17-,20-,22+,23-,24-,25-/m0/s1. The first-order valence-electron chi connectivity index (χ1n) is 11.7. The van der Waals surface area contributed by atoms with Gasteiger partial charge in [-0.2, -0.15) is 5.10 Å². The van der Waals surface area contributed by atoms with Crippen molar-refractivity contribution in [2.75, 3.05) is 0 Å². The SMILES string of the molecule is CCC(=O)[C@@]1(O)CC[C@H]2[C@@H]3C[C@H](C)C4=Cc5nn(C)cc5C[C@]4(C)[C@H]3[C@@H](O)C[C@@]21C. The molecule has 1 aromatic rings. The minimum Gasteiger partial charge on any atom is -0.393 e. The summed E-state index contributed by atoms with van der Waals surface area (Å²) in [5.74, 6) is 1.13. The van der Waals surface area contributed by atoms with Gasteiger partial charge in [0, 0.05) is 25.1 Å². The van der Waals surface area contributed by atoms with Gasteiger partial charge in [-0.15, -0.1) is 0 Å². The van der Waals surface area contributed by atoms with Crippen LogP contribution >= 0.6 is 0 Å². The zero-order chi connectivity index (χ0) is 21.6. The average Bonchev–Trinajstić information content (AvgIpc) is 3.15. The molecule has 0 aliphatic heterocycles. The molecule has 5 nitrogen and oxygen atoms in total. The summed E-state index contributed by atoms with van der Waals surface area (Å²) in [6.45, 7) is 8.57. The van der Waals surface area contributed by atoms with E-state index in [0.717, 1.165) is 25.0 Å². The molecule has 0 saturated heterocycles. The van der Waals surface area contributed by atoms with E-state index in [0.29, 0.717) is 31.1 Å². The highest BCUT2D eigenvalue weighted by Gasteiger charge is 2.68. The summed E-state index contributed by atoms with van der Waals surface area (Å²) in [6.07, 6.45) is 8.11. The monoisotopic (exact) mass is 412 g/mol. The number of hydrogen-bond acceptors (Lipinski definition) is 4. The third kappa shape index (κ3) is 2.37. The van der Waals surface area contributed by atoms with Crippen molar-refractivity contribution in [1.29, 1.82) is 0 Å². The molecule has 30 heavy (non-hydrogen) atoms. The first-order chi connectivity index (χ1) is 14.0. The van der Waals surface area contributed by atoms with Crippen LogP contribution in [0.15, 0.2) is 11.8 Å². The highest BCUT2D eigenvalue weighted by molar-refractivity contribution is 5.88. The molecule has 0 radical (unpaired) electrons. The lowest BCUT2D eigenvalue weighted by molar-refractivity contribution is -0.181. The van der Waals surface area contributed by atoms with Gasteiger partial charge >= 0.3 is 0 Å². The van der Waals surface area contributed by atoms with E-state index < -0.39 is 17.1 Å². The lowest BCUT2D eigenvalue weighted by Crippen LogP contribution is -2.62. The lowest BCUT2D eigenvalue weighted by atomic mass is 9.44. The number of nitrogens with zero attached hydrogens (tertiary/aromatic N) is 2. The molecule has 4 aliphatic rings. The third-order valence-electron chi connectivity index (χ3n) is 9.73. The molecule has 8 atom stereocenters. The van der Waals surface area contributed by atoms with Crippen molar-refractivity contribution in [2.24, 2.45) is 41.5 Å². The summed E-state index contributed by atoms with van der Waals surface area (Å²) >= 11 is 0. The Bertz CT molecular complexity index is 935. The predicted molar refractivity (Wildman–Crippen MR) is 115 cm³/mol. The van der Waals surface area contributed by atoms with Gasteiger partial charge in [-0.25, -0.2) is 0 Å². The van der Waals surface area contributed by atoms with Crippen LogP contribution in [0.1, 0.15) is 71.1 Å². The van der Waals surface area contributed by atoms with Gasteiger partial charge in [0.25, 0.3) is 0 Å². The summed E-state index contributed by atoms with van der Waals surface area (Å²) in [6, 6.07) is 0. The van der Waals surface area contributed by atoms with E-state index in [1.54, 1.807) is 0 Å². The Balaban J connectivity index is 1.58. The van der Waals surface area contributed by atoms with Crippen LogP contribution in [0.3, 0.4) is 0 Å². The van der Waals surface area contributed by atoms with Crippen LogP contribution in [0, 0.1) is 34.5 Å². The molecule has 0 unspecified atom stereocenters. The minimum absolute atomic E-state index is 0.0496. The van der Waals surface area contributed by atoms with Gasteiger partial charge in [0.05, 0.1) is 11.8 Å². The molecule has 0 bridgehead atoms. The Morgan fingerprint density at radius 1 is 1.37 bits per heavy atom. The van der Waals surface area contributed by atoms with Crippen LogP contribution < -0.4 is 0 Å².